The van der Waals surface area contributed by atoms with Gasteiger partial charge in [0.1, 0.15) is 11.6 Å². The molecule has 0 amide bonds. The van der Waals surface area contributed by atoms with E-state index in [4.69, 9.17) is 0 Å². The fourth-order valence-corrected chi connectivity index (χ4v) is 1.78. The molecule has 0 saturated heterocycles. The summed E-state index contributed by atoms with van der Waals surface area (Å²) < 4.78 is 28.2. The van der Waals surface area contributed by atoms with Crippen molar-refractivity contribution in [2.24, 2.45) is 0 Å². The first kappa shape index (κ1) is 15.1. The van der Waals surface area contributed by atoms with Gasteiger partial charge in [-0.1, -0.05) is 6.07 Å². The first-order valence-corrected chi connectivity index (χ1v) is 6.56. The number of hydrogen-bond donors (Lipinski definition) is 1. The molecule has 1 N–H and O–H groups in total. The molecule has 0 aliphatic rings. The van der Waals surface area contributed by atoms with E-state index >= 15 is 0 Å². The fourth-order valence-electron chi connectivity index (χ4n) is 1.78. The highest BCUT2D eigenvalue weighted by Gasteiger charge is 2.18. The van der Waals surface area contributed by atoms with E-state index in [1.807, 2.05) is 6.92 Å². The van der Waals surface area contributed by atoms with Crippen LogP contribution in [0.3, 0.4) is 0 Å². The molecule has 0 fully saturated rings. The Bertz CT molecular complexity index is 658. The van der Waals surface area contributed by atoms with E-state index in [1.165, 1.54) is 12.1 Å². The van der Waals surface area contributed by atoms with Crippen molar-refractivity contribution in [1.82, 2.24) is 15.0 Å². The van der Waals surface area contributed by atoms with Crippen molar-refractivity contribution < 1.29 is 8.78 Å². The molecule has 0 spiro atoms. The Kier molecular flexibility index (Phi) is 4.30. The molecule has 7 heteroatoms. The van der Waals surface area contributed by atoms with Gasteiger partial charge in [0.05, 0.1) is 5.56 Å². The Hall–Kier alpha value is -2.31. The van der Waals surface area contributed by atoms with Crippen LogP contribution in [0.15, 0.2) is 12.1 Å². The molecular weight excluding hydrogens is 276 g/mol. The number of benzene rings is 1. The lowest BCUT2D eigenvalue weighted by Gasteiger charge is -2.14. The van der Waals surface area contributed by atoms with Gasteiger partial charge in [-0.25, -0.2) is 8.78 Å². The second-order valence-corrected chi connectivity index (χ2v) is 4.76. The molecule has 5 nitrogen and oxygen atoms in total. The predicted octanol–water partition coefficient (Wildman–Crippen LogP) is 2.62. The summed E-state index contributed by atoms with van der Waals surface area (Å²) in [6.07, 6.45) is 0. The van der Waals surface area contributed by atoms with E-state index < -0.39 is 11.6 Å². The third-order valence-electron chi connectivity index (χ3n) is 2.87. The minimum Gasteiger partial charge on any atom is -0.354 e. The van der Waals surface area contributed by atoms with Crippen LogP contribution < -0.4 is 10.2 Å². The number of aromatic nitrogens is 3. The third-order valence-corrected chi connectivity index (χ3v) is 2.87. The van der Waals surface area contributed by atoms with Crippen LogP contribution in [0.4, 0.5) is 20.7 Å². The molecule has 0 aliphatic carbocycles. The highest BCUT2D eigenvalue weighted by Crippen LogP contribution is 2.26. The van der Waals surface area contributed by atoms with Gasteiger partial charge >= 0.3 is 0 Å². The van der Waals surface area contributed by atoms with Crippen molar-refractivity contribution in [1.29, 1.82) is 0 Å². The van der Waals surface area contributed by atoms with E-state index in [0.717, 1.165) is 0 Å². The Morgan fingerprint density at radius 1 is 1.14 bits per heavy atom. The number of nitrogens with zero attached hydrogens (tertiary/aromatic N) is 4. The number of rotatable bonds is 4. The summed E-state index contributed by atoms with van der Waals surface area (Å²) in [5.41, 5.74) is 0.0999. The van der Waals surface area contributed by atoms with Crippen molar-refractivity contribution >= 4 is 11.9 Å². The van der Waals surface area contributed by atoms with Crippen LogP contribution in [0.2, 0.25) is 0 Å². The largest absolute Gasteiger partial charge is 0.354 e. The van der Waals surface area contributed by atoms with Gasteiger partial charge in [-0.15, -0.1) is 0 Å². The quantitative estimate of drug-likeness (QED) is 0.939. The maximum Gasteiger partial charge on any atom is 0.230 e. The summed E-state index contributed by atoms with van der Waals surface area (Å²) in [7, 11) is 3.50. The van der Waals surface area contributed by atoms with E-state index in [-0.39, 0.29) is 17.3 Å². The molecule has 0 saturated carbocycles. The van der Waals surface area contributed by atoms with Crippen LogP contribution in [-0.2, 0) is 0 Å². The molecule has 2 rings (SSSR count). The standard InChI is InChI=1S/C14H17F2N5/c1-5-17-13-18-12(19-14(20-13)21(3)4)10-9(15)7-6-8(2)11(10)16/h6-7H,5H2,1-4H3,(H,17,18,19,20). The summed E-state index contributed by atoms with van der Waals surface area (Å²) in [4.78, 5) is 14.1. The van der Waals surface area contributed by atoms with Gasteiger partial charge in [-0.2, -0.15) is 15.0 Å². The lowest BCUT2D eigenvalue weighted by Crippen LogP contribution is -2.16. The van der Waals surface area contributed by atoms with Crippen LogP contribution in [0.25, 0.3) is 11.4 Å². The number of hydrogen-bond acceptors (Lipinski definition) is 5. The molecule has 0 atom stereocenters. The number of anilines is 2. The van der Waals surface area contributed by atoms with E-state index in [0.29, 0.717) is 18.1 Å². The van der Waals surface area contributed by atoms with Crippen LogP contribution in [0.1, 0.15) is 12.5 Å². The molecule has 0 aliphatic heterocycles. The highest BCUT2D eigenvalue weighted by molar-refractivity contribution is 5.61. The Labute approximate surface area is 122 Å². The summed E-state index contributed by atoms with van der Waals surface area (Å²) >= 11 is 0. The summed E-state index contributed by atoms with van der Waals surface area (Å²) in [5.74, 6) is -0.768. The van der Waals surface area contributed by atoms with Gasteiger partial charge in [-0.05, 0) is 25.5 Å². The minimum atomic E-state index is -0.698. The van der Waals surface area contributed by atoms with Gasteiger partial charge in [0.15, 0.2) is 5.82 Å². The molecule has 0 radical (unpaired) electrons. The summed E-state index contributed by atoms with van der Waals surface area (Å²) in [5, 5.41) is 2.93. The first-order valence-electron chi connectivity index (χ1n) is 6.56. The van der Waals surface area contributed by atoms with Crippen molar-refractivity contribution in [2.45, 2.75) is 13.8 Å². The van der Waals surface area contributed by atoms with Crippen LogP contribution in [-0.4, -0.2) is 35.6 Å². The average molecular weight is 293 g/mol. The fraction of sp³-hybridized carbons (Fsp3) is 0.357. The molecule has 21 heavy (non-hydrogen) atoms. The SMILES string of the molecule is CCNc1nc(-c2c(F)ccc(C)c2F)nc(N(C)C)n1. The van der Waals surface area contributed by atoms with Crippen LogP contribution >= 0.6 is 0 Å². The second-order valence-electron chi connectivity index (χ2n) is 4.76. The van der Waals surface area contributed by atoms with Crippen molar-refractivity contribution in [3.8, 4) is 11.4 Å². The highest BCUT2D eigenvalue weighted by atomic mass is 19.1. The lowest BCUT2D eigenvalue weighted by atomic mass is 10.1. The van der Waals surface area contributed by atoms with Crippen LogP contribution in [0.5, 0.6) is 0 Å². The summed E-state index contributed by atoms with van der Waals surface area (Å²) in [6, 6.07) is 2.59. The Morgan fingerprint density at radius 2 is 1.86 bits per heavy atom. The zero-order valence-electron chi connectivity index (χ0n) is 12.4. The van der Waals surface area contributed by atoms with Crippen molar-refractivity contribution in [3.05, 3.63) is 29.3 Å². The lowest BCUT2D eigenvalue weighted by molar-refractivity contribution is 0.581. The number of nitrogens with one attached hydrogen (secondary N) is 1. The Morgan fingerprint density at radius 3 is 2.48 bits per heavy atom. The molecule has 1 heterocycles. The first-order chi connectivity index (χ1) is 9.93. The monoisotopic (exact) mass is 293 g/mol. The topological polar surface area (TPSA) is 53.9 Å². The maximum absolute atomic E-state index is 14.2. The molecule has 112 valence electrons. The molecule has 1 aromatic heterocycles. The predicted molar refractivity (Wildman–Crippen MR) is 78.4 cm³/mol. The van der Waals surface area contributed by atoms with E-state index in [2.05, 4.69) is 20.3 Å². The maximum atomic E-state index is 14.2. The Balaban J connectivity index is 2.65. The van der Waals surface area contributed by atoms with Crippen molar-refractivity contribution in [2.75, 3.05) is 30.9 Å². The van der Waals surface area contributed by atoms with Gasteiger partial charge in [0.2, 0.25) is 11.9 Å². The van der Waals surface area contributed by atoms with Crippen molar-refractivity contribution in [3.63, 3.8) is 0 Å². The third kappa shape index (κ3) is 3.07. The molecule has 0 bridgehead atoms. The van der Waals surface area contributed by atoms with E-state index in [9.17, 15) is 8.78 Å². The molecule has 0 unspecified atom stereocenters. The van der Waals surface area contributed by atoms with Gasteiger partial charge in [0, 0.05) is 20.6 Å². The molecule has 2 aromatic rings. The molecular formula is C14H17F2N5. The van der Waals surface area contributed by atoms with Gasteiger partial charge in [0.25, 0.3) is 0 Å². The van der Waals surface area contributed by atoms with Gasteiger partial charge < -0.3 is 10.2 Å². The normalized spacial score (nSPS) is 10.6. The summed E-state index contributed by atoms with van der Waals surface area (Å²) in [6.45, 7) is 4.04. The molecule has 1 aromatic carbocycles. The number of halogens is 2. The smallest absolute Gasteiger partial charge is 0.230 e. The minimum absolute atomic E-state index is 0.0247. The number of aryl methyl sites for hydroxylation is 1. The average Bonchev–Trinajstić information content (AvgIpc) is 2.43. The second kappa shape index (κ2) is 5.99. The van der Waals surface area contributed by atoms with Crippen LogP contribution in [0, 0.1) is 18.6 Å². The zero-order chi connectivity index (χ0) is 15.6. The van der Waals surface area contributed by atoms with Gasteiger partial charge in [-0.3, -0.25) is 0 Å². The zero-order valence-corrected chi connectivity index (χ0v) is 12.4. The van der Waals surface area contributed by atoms with E-state index in [1.54, 1.807) is 25.9 Å².